The molecule has 56 valence electrons. The zero-order chi connectivity index (χ0) is 6.69. The van der Waals surface area contributed by atoms with Crippen molar-refractivity contribution in [2.45, 2.75) is 0 Å². The van der Waals surface area contributed by atoms with Crippen LogP contribution in [0.1, 0.15) is 0 Å². The third-order valence-corrected chi connectivity index (χ3v) is 1.04. The number of nitrogens with one attached hydrogen (secondary N) is 1. The lowest BCUT2D eigenvalue weighted by Gasteiger charge is -1.93. The molecule has 0 spiro atoms. The minimum Gasteiger partial charge on any atom is -0.357 e. The topological polar surface area (TPSA) is 37.8 Å². The van der Waals surface area contributed by atoms with E-state index in [0.29, 0.717) is 11.0 Å². The fourth-order valence-electron chi connectivity index (χ4n) is 0.441. The van der Waals surface area contributed by atoms with Gasteiger partial charge in [0.1, 0.15) is 0 Å². The van der Waals surface area contributed by atoms with Crippen LogP contribution in [-0.2, 0) is 0 Å². The molecule has 1 N–H and O–H groups in total. The van der Waals surface area contributed by atoms with Crippen molar-refractivity contribution in [1.82, 2.24) is 9.97 Å². The normalized spacial score (nSPS) is 8.20. The summed E-state index contributed by atoms with van der Waals surface area (Å²) >= 11 is 5.52. The Morgan fingerprint density at radius 1 is 1.40 bits per heavy atom. The summed E-state index contributed by atoms with van der Waals surface area (Å²) in [5.41, 5.74) is 0. The molecule has 1 aromatic heterocycles. The second-order valence-corrected chi connectivity index (χ2v) is 1.91. The van der Waals surface area contributed by atoms with Gasteiger partial charge in [-0.3, -0.25) is 0 Å². The molecule has 0 unspecified atom stereocenters. The van der Waals surface area contributed by atoms with E-state index >= 15 is 0 Å². The van der Waals surface area contributed by atoms with Gasteiger partial charge in [0.25, 0.3) is 0 Å². The third kappa shape index (κ3) is 2.37. The monoisotopic (exact) mass is 179 g/mol. The fraction of sp³-hybridized carbons (Fsp3) is 0.200. The molecule has 1 aromatic rings. The van der Waals surface area contributed by atoms with Gasteiger partial charge in [-0.05, 0) is 0 Å². The molecule has 0 aliphatic rings. The first-order chi connectivity index (χ1) is 4.33. The van der Waals surface area contributed by atoms with E-state index in [1.165, 1.54) is 0 Å². The van der Waals surface area contributed by atoms with E-state index in [1.54, 1.807) is 19.4 Å². The first-order valence-corrected chi connectivity index (χ1v) is 2.86. The van der Waals surface area contributed by atoms with E-state index in [0.717, 1.165) is 0 Å². The van der Waals surface area contributed by atoms with Crippen LogP contribution in [0.3, 0.4) is 0 Å². The third-order valence-electron chi connectivity index (χ3n) is 0.844. The fourth-order valence-corrected chi connectivity index (χ4v) is 0.539. The highest BCUT2D eigenvalue weighted by molar-refractivity contribution is 6.30. The van der Waals surface area contributed by atoms with E-state index in [1.807, 2.05) is 0 Å². The second kappa shape index (κ2) is 4.30. The summed E-state index contributed by atoms with van der Waals surface area (Å²) in [5.74, 6) is 0.583. The van der Waals surface area contributed by atoms with Crippen LogP contribution in [0, 0.1) is 0 Å². The van der Waals surface area contributed by atoms with Crippen LogP contribution in [-0.4, -0.2) is 17.0 Å². The number of hydrogen-bond donors (Lipinski definition) is 1. The summed E-state index contributed by atoms with van der Waals surface area (Å²) in [7, 11) is 1.75. The van der Waals surface area contributed by atoms with Crippen molar-refractivity contribution in [1.29, 1.82) is 0 Å². The predicted molar refractivity (Wildman–Crippen MR) is 43.8 cm³/mol. The number of anilines is 1. The molecular weight excluding hydrogens is 173 g/mol. The first kappa shape index (κ1) is 9.46. The van der Waals surface area contributed by atoms with Gasteiger partial charge in [0.15, 0.2) is 0 Å². The Bertz CT molecular complexity index is 187. The van der Waals surface area contributed by atoms with Crippen LogP contribution in [0.25, 0.3) is 0 Å². The summed E-state index contributed by atoms with van der Waals surface area (Å²) < 4.78 is 0. The molecule has 0 aliphatic heterocycles. The van der Waals surface area contributed by atoms with Crippen LogP contribution in [0.15, 0.2) is 12.4 Å². The van der Waals surface area contributed by atoms with Crippen molar-refractivity contribution in [3.8, 4) is 0 Å². The molecule has 10 heavy (non-hydrogen) atoms. The highest BCUT2D eigenvalue weighted by atomic mass is 35.5. The van der Waals surface area contributed by atoms with Crippen LogP contribution in [0.4, 0.5) is 5.95 Å². The van der Waals surface area contributed by atoms with Gasteiger partial charge in [-0.2, -0.15) is 0 Å². The van der Waals surface area contributed by atoms with E-state index in [2.05, 4.69) is 15.3 Å². The first-order valence-electron chi connectivity index (χ1n) is 2.48. The van der Waals surface area contributed by atoms with Crippen LogP contribution >= 0.6 is 24.0 Å². The molecule has 0 bridgehead atoms. The maximum absolute atomic E-state index is 5.52. The van der Waals surface area contributed by atoms with Gasteiger partial charge in [0.2, 0.25) is 5.95 Å². The zero-order valence-corrected chi connectivity index (χ0v) is 6.91. The average molecular weight is 180 g/mol. The molecule has 1 heterocycles. The van der Waals surface area contributed by atoms with Gasteiger partial charge in [0, 0.05) is 7.05 Å². The average Bonchev–Trinajstić information content (AvgIpc) is 1.90. The van der Waals surface area contributed by atoms with Gasteiger partial charge in [-0.1, -0.05) is 11.6 Å². The number of rotatable bonds is 1. The Labute approximate surface area is 70.2 Å². The molecule has 5 heteroatoms. The Balaban J connectivity index is 0.000000810. The number of hydrogen-bond acceptors (Lipinski definition) is 3. The minimum atomic E-state index is 0. The number of aromatic nitrogens is 2. The van der Waals surface area contributed by atoms with Gasteiger partial charge >= 0.3 is 0 Å². The summed E-state index contributed by atoms with van der Waals surface area (Å²) in [5, 5.41) is 3.32. The smallest absolute Gasteiger partial charge is 0.222 e. The molecule has 0 amide bonds. The highest BCUT2D eigenvalue weighted by Gasteiger charge is 1.88. The van der Waals surface area contributed by atoms with Crippen LogP contribution < -0.4 is 5.32 Å². The second-order valence-electron chi connectivity index (χ2n) is 1.47. The largest absolute Gasteiger partial charge is 0.357 e. The highest BCUT2D eigenvalue weighted by Crippen LogP contribution is 2.03. The van der Waals surface area contributed by atoms with E-state index in [4.69, 9.17) is 11.6 Å². The van der Waals surface area contributed by atoms with Crippen LogP contribution in [0.2, 0.25) is 5.02 Å². The van der Waals surface area contributed by atoms with Crippen molar-refractivity contribution in [3.63, 3.8) is 0 Å². The molecule has 3 nitrogen and oxygen atoms in total. The molecule has 0 fully saturated rings. The minimum absolute atomic E-state index is 0. The van der Waals surface area contributed by atoms with Gasteiger partial charge in [0.05, 0.1) is 17.4 Å². The maximum atomic E-state index is 5.52. The molecular formula is C5H7Cl2N3. The van der Waals surface area contributed by atoms with Gasteiger partial charge in [-0.25, -0.2) is 9.97 Å². The Morgan fingerprint density at radius 2 is 1.90 bits per heavy atom. The van der Waals surface area contributed by atoms with Crippen molar-refractivity contribution in [2.24, 2.45) is 0 Å². The number of nitrogens with zero attached hydrogens (tertiary/aromatic N) is 2. The van der Waals surface area contributed by atoms with Gasteiger partial charge < -0.3 is 5.32 Å². The van der Waals surface area contributed by atoms with Gasteiger partial charge in [-0.15, -0.1) is 12.4 Å². The van der Waals surface area contributed by atoms with E-state index < -0.39 is 0 Å². The van der Waals surface area contributed by atoms with E-state index in [9.17, 15) is 0 Å². The summed E-state index contributed by atoms with van der Waals surface area (Å²) in [6.07, 6.45) is 3.08. The molecule has 0 radical (unpaired) electrons. The summed E-state index contributed by atoms with van der Waals surface area (Å²) in [4.78, 5) is 7.69. The quantitative estimate of drug-likeness (QED) is 0.713. The lowest BCUT2D eigenvalue weighted by Crippen LogP contribution is -1.93. The SMILES string of the molecule is CNc1ncc(Cl)cn1.Cl. The number of halogens is 2. The summed E-state index contributed by atoms with van der Waals surface area (Å²) in [6.45, 7) is 0. The van der Waals surface area contributed by atoms with Crippen LogP contribution in [0.5, 0.6) is 0 Å². The molecule has 0 aromatic carbocycles. The zero-order valence-electron chi connectivity index (χ0n) is 5.34. The predicted octanol–water partition coefficient (Wildman–Crippen LogP) is 1.59. The molecule has 0 saturated carbocycles. The molecule has 0 aliphatic carbocycles. The standard InChI is InChI=1S/C5H6ClN3.ClH/c1-7-5-8-2-4(6)3-9-5;/h2-3H,1H3,(H,7,8,9);1H. The van der Waals surface area contributed by atoms with Crippen molar-refractivity contribution >= 4 is 30.0 Å². The lowest BCUT2D eigenvalue weighted by molar-refractivity contribution is 1.15. The Hall–Kier alpha value is -0.540. The Kier molecular flexibility index (Phi) is 4.07. The molecule has 1 rings (SSSR count). The van der Waals surface area contributed by atoms with Crippen molar-refractivity contribution in [2.75, 3.05) is 12.4 Å². The molecule has 0 atom stereocenters. The van der Waals surface area contributed by atoms with E-state index in [-0.39, 0.29) is 12.4 Å². The summed E-state index contributed by atoms with van der Waals surface area (Å²) in [6, 6.07) is 0. The lowest BCUT2D eigenvalue weighted by atomic mass is 10.7. The van der Waals surface area contributed by atoms with Crippen molar-refractivity contribution in [3.05, 3.63) is 17.4 Å². The molecule has 0 saturated heterocycles. The maximum Gasteiger partial charge on any atom is 0.222 e. The van der Waals surface area contributed by atoms with Crippen molar-refractivity contribution < 1.29 is 0 Å². The Morgan fingerprint density at radius 3 is 2.30 bits per heavy atom.